The van der Waals surface area contributed by atoms with Gasteiger partial charge in [0.15, 0.2) is 0 Å². The van der Waals surface area contributed by atoms with E-state index in [2.05, 4.69) is 141 Å². The van der Waals surface area contributed by atoms with Crippen LogP contribution in [0.15, 0.2) is 166 Å². The molecule has 4 aromatic carbocycles. The average Bonchev–Trinajstić information content (AvgIpc) is 4.07. The molecule has 8 rings (SSSR count). The molecule has 0 amide bonds. The number of nitrogens with one attached hydrogen (secondary N) is 4. The van der Waals surface area contributed by atoms with E-state index in [-0.39, 0.29) is 11.8 Å². The van der Waals surface area contributed by atoms with Crippen LogP contribution in [0.2, 0.25) is 0 Å². The number of nitrogens with zero attached hydrogens (tertiary/aromatic N) is 4. The molecule has 0 bridgehead atoms. The van der Waals surface area contributed by atoms with Crippen LogP contribution in [0.3, 0.4) is 0 Å². The van der Waals surface area contributed by atoms with Crippen LogP contribution < -0.4 is 0 Å². The van der Waals surface area contributed by atoms with Gasteiger partial charge in [0.05, 0.1) is 70.4 Å². The van der Waals surface area contributed by atoms with Crippen LogP contribution in [-0.2, 0) is 0 Å². The van der Waals surface area contributed by atoms with E-state index >= 15 is 0 Å². The van der Waals surface area contributed by atoms with Gasteiger partial charge in [-0.1, -0.05) is 48.5 Å². The molecule has 0 fully saturated rings. The maximum Gasteiger partial charge on any atom is 0.0630 e. The van der Waals surface area contributed by atoms with Gasteiger partial charge in [0.25, 0.3) is 0 Å². The van der Waals surface area contributed by atoms with E-state index in [1.807, 2.05) is 76.8 Å². The van der Waals surface area contributed by atoms with Crippen LogP contribution >= 0.6 is 0 Å². The van der Waals surface area contributed by atoms with Gasteiger partial charge in [-0.15, -0.1) is 0 Å². The zero-order valence-electron chi connectivity index (χ0n) is 33.1. The predicted molar refractivity (Wildman–Crippen MR) is 241 cm³/mol. The van der Waals surface area contributed by atoms with Crippen molar-refractivity contribution in [3.8, 4) is 0 Å². The smallest absolute Gasteiger partial charge is 0.0630 e. The first-order valence-electron chi connectivity index (χ1n) is 19.5. The number of rotatable bonds is 13. The number of H-pyrrole nitrogens is 4. The third-order valence-electron chi connectivity index (χ3n) is 10.2. The van der Waals surface area contributed by atoms with Crippen molar-refractivity contribution in [3.05, 3.63) is 213 Å². The van der Waals surface area contributed by atoms with Crippen molar-refractivity contribution in [1.29, 1.82) is 0 Å². The van der Waals surface area contributed by atoms with E-state index in [1.165, 1.54) is 22.3 Å². The lowest BCUT2D eigenvalue weighted by Gasteiger charge is -2.30. The van der Waals surface area contributed by atoms with Gasteiger partial charge in [-0.2, -0.15) is 0 Å². The van der Waals surface area contributed by atoms with Gasteiger partial charge in [0.2, 0.25) is 0 Å². The van der Waals surface area contributed by atoms with Crippen molar-refractivity contribution in [2.75, 3.05) is 0 Å². The largest absolute Gasteiger partial charge is 0.358 e. The molecule has 0 radical (unpaired) electrons. The van der Waals surface area contributed by atoms with Gasteiger partial charge in [-0.25, -0.2) is 0 Å². The number of aromatic amines is 4. The van der Waals surface area contributed by atoms with Gasteiger partial charge in [0.1, 0.15) is 0 Å². The third kappa shape index (κ3) is 9.37. The fourth-order valence-corrected chi connectivity index (χ4v) is 7.21. The van der Waals surface area contributed by atoms with Gasteiger partial charge >= 0.3 is 0 Å². The Balaban J connectivity index is 1.18. The first-order chi connectivity index (χ1) is 28.3. The molecule has 4 N–H and O–H groups in total. The Morgan fingerprint density at radius 3 is 0.672 bits per heavy atom. The summed E-state index contributed by atoms with van der Waals surface area (Å²) in [5, 5.41) is 0. The zero-order chi connectivity index (χ0) is 39.8. The topological polar surface area (TPSA) is 113 Å². The van der Waals surface area contributed by atoms with Crippen molar-refractivity contribution >= 4 is 47.6 Å². The molecule has 58 heavy (non-hydrogen) atoms. The van der Waals surface area contributed by atoms with E-state index in [9.17, 15) is 0 Å². The van der Waals surface area contributed by atoms with E-state index in [4.69, 9.17) is 20.0 Å². The minimum atomic E-state index is -0.0549. The van der Waals surface area contributed by atoms with E-state index in [0.717, 1.165) is 68.3 Å². The molecular weight excluding hydrogens is 713 g/mol. The van der Waals surface area contributed by atoms with E-state index in [1.54, 1.807) is 0 Å². The lowest BCUT2D eigenvalue weighted by molar-refractivity contribution is 0.694. The highest BCUT2D eigenvalue weighted by atomic mass is 14.8. The molecule has 0 spiro atoms. The van der Waals surface area contributed by atoms with Crippen molar-refractivity contribution in [2.45, 2.75) is 39.5 Å². The first kappa shape index (κ1) is 37.6. The molecule has 0 aliphatic carbocycles. The summed E-state index contributed by atoms with van der Waals surface area (Å²) in [5.41, 5.74) is 16.5. The van der Waals surface area contributed by atoms with Gasteiger partial charge in [-0.3, -0.25) is 20.0 Å². The molecule has 0 unspecified atom stereocenters. The third-order valence-corrected chi connectivity index (χ3v) is 10.2. The second-order valence-corrected chi connectivity index (χ2v) is 14.7. The number of aliphatic imine (C=N–C) groups is 4. The summed E-state index contributed by atoms with van der Waals surface area (Å²) in [7, 11) is 0. The average molecular weight is 759 g/mol. The number of benzene rings is 4. The molecule has 0 aliphatic rings. The second-order valence-electron chi connectivity index (χ2n) is 14.7. The van der Waals surface area contributed by atoms with Gasteiger partial charge in [0, 0.05) is 34.6 Å². The Hall–Kier alpha value is -7.32. The Labute approximate surface area is 339 Å². The standard InChI is InChI=1S/C50H46N8/c1-33-5-17-45(55-33)29-51-41-21-9-37(10-22-41)49(38-11-23-42(24-12-38)52-30-46-18-6-34(2)56-46)50(39-13-25-43(26-14-39)53-31-47-19-7-35(3)57-47)40-15-27-44(28-16-40)54-32-48-20-8-36(4)58-48/h5-32,49-50,55-58H,1-4H3/b51-29+,52-30+,53-31+,54-32+. The maximum absolute atomic E-state index is 4.78. The van der Waals surface area contributed by atoms with Crippen LogP contribution in [-0.4, -0.2) is 44.8 Å². The van der Waals surface area contributed by atoms with Crippen molar-refractivity contribution < 1.29 is 0 Å². The Bertz CT molecular complexity index is 2320. The molecule has 0 atom stereocenters. The van der Waals surface area contributed by atoms with Crippen LogP contribution in [0.5, 0.6) is 0 Å². The molecule has 8 aromatic rings. The van der Waals surface area contributed by atoms with Gasteiger partial charge in [-0.05, 0) is 147 Å². The highest BCUT2D eigenvalue weighted by Gasteiger charge is 2.28. The maximum atomic E-state index is 4.78. The summed E-state index contributed by atoms with van der Waals surface area (Å²) in [4.78, 5) is 32.4. The molecule has 0 saturated carbocycles. The molecule has 8 heteroatoms. The minimum absolute atomic E-state index is 0.0549. The number of aromatic nitrogens is 4. The zero-order valence-corrected chi connectivity index (χ0v) is 33.1. The van der Waals surface area contributed by atoms with Crippen LogP contribution in [0.25, 0.3) is 0 Å². The fourth-order valence-electron chi connectivity index (χ4n) is 7.21. The summed E-state index contributed by atoms with van der Waals surface area (Å²) in [6.07, 6.45) is 7.49. The summed E-state index contributed by atoms with van der Waals surface area (Å²) in [5.74, 6) is -0.110. The summed E-state index contributed by atoms with van der Waals surface area (Å²) in [6, 6.07) is 50.8. The predicted octanol–water partition coefficient (Wildman–Crippen LogP) is 12.2. The van der Waals surface area contributed by atoms with Crippen molar-refractivity contribution in [2.24, 2.45) is 20.0 Å². The Morgan fingerprint density at radius 1 is 0.293 bits per heavy atom. The summed E-state index contributed by atoms with van der Waals surface area (Å²) < 4.78 is 0. The molecule has 0 saturated heterocycles. The number of hydrogen-bond donors (Lipinski definition) is 4. The summed E-state index contributed by atoms with van der Waals surface area (Å²) >= 11 is 0. The lowest BCUT2D eigenvalue weighted by atomic mass is 9.73. The normalized spacial score (nSPS) is 12.2. The van der Waals surface area contributed by atoms with Crippen molar-refractivity contribution in [3.63, 3.8) is 0 Å². The van der Waals surface area contributed by atoms with E-state index in [0.29, 0.717) is 0 Å². The van der Waals surface area contributed by atoms with Gasteiger partial charge < -0.3 is 19.9 Å². The molecule has 0 aliphatic heterocycles. The Kier molecular flexibility index (Phi) is 11.2. The quantitative estimate of drug-likeness (QED) is 0.0839. The molecule has 8 nitrogen and oxygen atoms in total. The summed E-state index contributed by atoms with van der Waals surface area (Å²) in [6.45, 7) is 8.17. The monoisotopic (exact) mass is 758 g/mol. The SMILES string of the molecule is Cc1ccc(/C=N/c2ccc(C(c3ccc(/N=C/c4ccc(C)[nH]4)cc3)C(c3ccc(/N=C/c4ccc(C)[nH]4)cc3)c3ccc(/N=C/c4ccc(C)[nH]4)cc3)cc2)[nH]1. The molecular formula is C50H46N8. The molecule has 4 aromatic heterocycles. The Morgan fingerprint density at radius 2 is 0.500 bits per heavy atom. The van der Waals surface area contributed by atoms with Crippen LogP contribution in [0, 0.1) is 27.7 Å². The number of aryl methyl sites for hydroxylation is 4. The first-order valence-corrected chi connectivity index (χ1v) is 19.5. The second kappa shape index (κ2) is 17.2. The number of hydrogen-bond acceptors (Lipinski definition) is 4. The van der Waals surface area contributed by atoms with Crippen molar-refractivity contribution in [1.82, 2.24) is 19.9 Å². The highest BCUT2D eigenvalue weighted by Crippen LogP contribution is 2.44. The lowest BCUT2D eigenvalue weighted by Crippen LogP contribution is -2.14. The molecule has 4 heterocycles. The van der Waals surface area contributed by atoms with Crippen LogP contribution in [0.1, 0.15) is 79.6 Å². The van der Waals surface area contributed by atoms with E-state index < -0.39 is 0 Å². The molecule has 286 valence electrons. The van der Waals surface area contributed by atoms with Crippen LogP contribution in [0.4, 0.5) is 22.7 Å². The minimum Gasteiger partial charge on any atom is -0.358 e. The highest BCUT2D eigenvalue weighted by molar-refractivity contribution is 5.82. The fraction of sp³-hybridized carbons (Fsp3) is 0.120.